The molecule has 6 nitrogen and oxygen atoms in total. The summed E-state index contributed by atoms with van der Waals surface area (Å²) in [6, 6.07) is 11.1. The average Bonchev–Trinajstić information content (AvgIpc) is 3.32. The SMILES string of the molecule is CN1CC[C@@H](Oc2cc(NS(=O)(=O)c3cc(Cl)c(-c4cccc(N)c4)s3)ccc2C(F)(F)F)C1. The average molecular weight is 532 g/mol. The zero-order chi connectivity index (χ0) is 24.7. The summed E-state index contributed by atoms with van der Waals surface area (Å²) in [5.74, 6) is -0.419. The van der Waals surface area contributed by atoms with Crippen LogP contribution < -0.4 is 15.2 Å². The fourth-order valence-electron chi connectivity index (χ4n) is 3.65. The molecule has 0 spiro atoms. The van der Waals surface area contributed by atoms with Crippen molar-refractivity contribution in [3.8, 4) is 16.2 Å². The molecule has 1 aliphatic heterocycles. The Labute approximate surface area is 204 Å². The number of likely N-dealkylation sites (tertiary alicyclic amines) is 1. The van der Waals surface area contributed by atoms with Crippen LogP contribution in [0.15, 0.2) is 52.7 Å². The number of likely N-dealkylation sites (N-methyl/N-ethyl adjacent to an activating group) is 1. The third-order valence-corrected chi connectivity index (χ3v) is 8.71. The largest absolute Gasteiger partial charge is 0.488 e. The molecule has 2 heterocycles. The van der Waals surface area contributed by atoms with E-state index < -0.39 is 33.6 Å². The van der Waals surface area contributed by atoms with Crippen molar-refractivity contribution in [2.24, 2.45) is 0 Å². The summed E-state index contributed by atoms with van der Waals surface area (Å²) >= 11 is 7.20. The summed E-state index contributed by atoms with van der Waals surface area (Å²) < 4.78 is 74.4. The van der Waals surface area contributed by atoms with Crippen LogP contribution in [0.4, 0.5) is 24.5 Å². The number of ether oxygens (including phenoxy) is 1. The van der Waals surface area contributed by atoms with Crippen molar-refractivity contribution in [3.63, 3.8) is 0 Å². The summed E-state index contributed by atoms with van der Waals surface area (Å²) in [5, 5.41) is 0.220. The quantitative estimate of drug-likeness (QED) is 0.407. The number of halogens is 4. The van der Waals surface area contributed by atoms with Gasteiger partial charge in [-0.15, -0.1) is 11.3 Å². The van der Waals surface area contributed by atoms with E-state index in [9.17, 15) is 21.6 Å². The summed E-state index contributed by atoms with van der Waals surface area (Å²) in [4.78, 5) is 2.46. The van der Waals surface area contributed by atoms with E-state index in [0.717, 1.165) is 29.5 Å². The summed E-state index contributed by atoms with van der Waals surface area (Å²) in [6.07, 6.45) is -4.50. The molecule has 0 aliphatic carbocycles. The molecular formula is C22H21ClF3N3O3S2. The highest BCUT2D eigenvalue weighted by Gasteiger charge is 2.36. The monoisotopic (exact) mass is 531 g/mol. The maximum atomic E-state index is 13.5. The molecule has 12 heteroatoms. The Morgan fingerprint density at radius 2 is 1.97 bits per heavy atom. The van der Waals surface area contributed by atoms with Crippen molar-refractivity contribution >= 4 is 44.3 Å². The molecule has 0 radical (unpaired) electrons. The number of nitrogens with zero attached hydrogens (tertiary/aromatic N) is 1. The van der Waals surface area contributed by atoms with Gasteiger partial charge in [-0.25, -0.2) is 8.42 Å². The van der Waals surface area contributed by atoms with E-state index in [0.29, 0.717) is 35.6 Å². The smallest absolute Gasteiger partial charge is 0.419 e. The highest BCUT2D eigenvalue weighted by atomic mass is 35.5. The second-order valence-corrected chi connectivity index (χ2v) is 11.3. The molecule has 1 atom stereocenters. The van der Waals surface area contributed by atoms with Gasteiger partial charge < -0.3 is 15.4 Å². The van der Waals surface area contributed by atoms with E-state index in [1.807, 2.05) is 11.9 Å². The molecule has 34 heavy (non-hydrogen) atoms. The first-order valence-electron chi connectivity index (χ1n) is 10.2. The van der Waals surface area contributed by atoms with E-state index in [-0.39, 0.29) is 14.9 Å². The number of anilines is 2. The van der Waals surface area contributed by atoms with Gasteiger partial charge in [-0.1, -0.05) is 23.7 Å². The molecule has 0 bridgehead atoms. The first-order valence-corrected chi connectivity index (χ1v) is 12.8. The number of alkyl halides is 3. The lowest BCUT2D eigenvalue weighted by Crippen LogP contribution is -2.23. The molecule has 182 valence electrons. The Bertz CT molecular complexity index is 1310. The maximum absolute atomic E-state index is 13.5. The molecule has 0 saturated carbocycles. The van der Waals surface area contributed by atoms with E-state index in [1.165, 1.54) is 6.07 Å². The van der Waals surface area contributed by atoms with Crippen LogP contribution in [-0.4, -0.2) is 39.6 Å². The minimum Gasteiger partial charge on any atom is -0.488 e. The number of nitrogens with two attached hydrogens (primary N) is 1. The standard InChI is InChI=1S/C22H21ClF3N3O3S2/c1-29-8-7-16(12-29)32-19-10-15(5-6-17(19)22(24,25)26)28-34(30,31)20-11-18(23)21(33-20)13-3-2-4-14(27)9-13/h2-6,9-11,16,28H,7-8,12,27H2,1H3/t16-/m1/s1. The number of hydrogen-bond donors (Lipinski definition) is 2. The predicted molar refractivity (Wildman–Crippen MR) is 128 cm³/mol. The molecule has 2 aromatic carbocycles. The molecule has 0 amide bonds. The second-order valence-electron chi connectivity index (χ2n) is 7.97. The number of hydrogen-bond acceptors (Lipinski definition) is 6. The van der Waals surface area contributed by atoms with Gasteiger partial charge in [0, 0.05) is 24.8 Å². The molecule has 3 N–H and O–H groups in total. The van der Waals surface area contributed by atoms with Crippen molar-refractivity contribution < 1.29 is 26.3 Å². The number of benzene rings is 2. The molecule has 0 unspecified atom stereocenters. The molecular weight excluding hydrogens is 511 g/mol. The third kappa shape index (κ3) is 5.43. The Kier molecular flexibility index (Phi) is 6.74. The van der Waals surface area contributed by atoms with Crippen LogP contribution in [0.3, 0.4) is 0 Å². The zero-order valence-corrected chi connectivity index (χ0v) is 20.3. The third-order valence-electron chi connectivity index (χ3n) is 5.26. The van der Waals surface area contributed by atoms with Crippen LogP contribution in [0.25, 0.3) is 10.4 Å². The van der Waals surface area contributed by atoms with Crippen molar-refractivity contribution in [2.75, 3.05) is 30.6 Å². The topological polar surface area (TPSA) is 84.7 Å². The first kappa shape index (κ1) is 24.6. The zero-order valence-electron chi connectivity index (χ0n) is 17.9. The van der Waals surface area contributed by atoms with Gasteiger partial charge in [-0.05, 0) is 49.4 Å². The molecule has 1 aliphatic rings. The minimum atomic E-state index is -4.65. The highest BCUT2D eigenvalue weighted by Crippen LogP contribution is 2.41. The molecule has 1 saturated heterocycles. The Hall–Kier alpha value is -2.47. The maximum Gasteiger partial charge on any atom is 0.419 e. The van der Waals surface area contributed by atoms with Crippen LogP contribution >= 0.6 is 22.9 Å². The van der Waals surface area contributed by atoms with E-state index in [2.05, 4.69) is 4.72 Å². The van der Waals surface area contributed by atoms with Crippen LogP contribution in [0, 0.1) is 0 Å². The van der Waals surface area contributed by atoms with Gasteiger partial charge in [0.05, 0.1) is 21.2 Å². The number of sulfonamides is 1. The van der Waals surface area contributed by atoms with E-state index in [1.54, 1.807) is 24.3 Å². The van der Waals surface area contributed by atoms with Crippen molar-refractivity contribution in [2.45, 2.75) is 22.9 Å². The van der Waals surface area contributed by atoms with Gasteiger partial charge >= 0.3 is 6.18 Å². The van der Waals surface area contributed by atoms with Gasteiger partial charge in [-0.3, -0.25) is 4.72 Å². The van der Waals surface area contributed by atoms with Gasteiger partial charge in [-0.2, -0.15) is 13.2 Å². The van der Waals surface area contributed by atoms with Crippen LogP contribution in [0.5, 0.6) is 5.75 Å². The van der Waals surface area contributed by atoms with Crippen LogP contribution in [0.1, 0.15) is 12.0 Å². The Morgan fingerprint density at radius 3 is 2.62 bits per heavy atom. The lowest BCUT2D eigenvalue weighted by atomic mass is 10.1. The van der Waals surface area contributed by atoms with Gasteiger partial charge in [0.25, 0.3) is 10.0 Å². The predicted octanol–water partition coefficient (Wildman–Crippen LogP) is 5.55. The van der Waals surface area contributed by atoms with Crippen LogP contribution in [-0.2, 0) is 16.2 Å². The van der Waals surface area contributed by atoms with Crippen molar-refractivity contribution in [1.29, 1.82) is 0 Å². The van der Waals surface area contributed by atoms with Gasteiger partial charge in [0.1, 0.15) is 16.1 Å². The second kappa shape index (κ2) is 9.29. The summed E-state index contributed by atoms with van der Waals surface area (Å²) in [7, 11) is -2.28. The lowest BCUT2D eigenvalue weighted by molar-refractivity contribution is -0.139. The highest BCUT2D eigenvalue weighted by molar-refractivity contribution is 7.94. The summed E-state index contributed by atoms with van der Waals surface area (Å²) in [6.45, 7) is 1.18. The molecule has 4 rings (SSSR count). The number of nitrogens with one attached hydrogen (secondary N) is 1. The van der Waals surface area contributed by atoms with Crippen molar-refractivity contribution in [3.05, 3.63) is 59.1 Å². The normalized spacial score (nSPS) is 17.1. The van der Waals surface area contributed by atoms with Crippen molar-refractivity contribution in [1.82, 2.24) is 4.90 Å². The summed E-state index contributed by atoms with van der Waals surface area (Å²) in [5.41, 5.74) is 5.94. The van der Waals surface area contributed by atoms with Crippen LogP contribution in [0.2, 0.25) is 5.02 Å². The first-order chi connectivity index (χ1) is 15.9. The van der Waals surface area contributed by atoms with E-state index >= 15 is 0 Å². The molecule has 3 aromatic rings. The lowest BCUT2D eigenvalue weighted by Gasteiger charge is -2.19. The minimum absolute atomic E-state index is 0.0515. The fourth-order valence-corrected chi connectivity index (χ4v) is 6.52. The fraction of sp³-hybridized carbons (Fsp3) is 0.273. The number of thiophene rings is 1. The van der Waals surface area contributed by atoms with Gasteiger partial charge in [0.2, 0.25) is 0 Å². The van der Waals surface area contributed by atoms with E-state index in [4.69, 9.17) is 22.1 Å². The number of nitrogen functional groups attached to an aromatic ring is 1. The Morgan fingerprint density at radius 1 is 1.21 bits per heavy atom. The molecule has 1 fully saturated rings. The number of rotatable bonds is 6. The molecule has 1 aromatic heterocycles. The van der Waals surface area contributed by atoms with Gasteiger partial charge in [0.15, 0.2) is 0 Å². The Balaban J connectivity index is 1.63.